The van der Waals surface area contributed by atoms with Crippen molar-refractivity contribution in [2.24, 2.45) is 5.16 Å². The second-order valence-corrected chi connectivity index (χ2v) is 9.52. The van der Waals surface area contributed by atoms with Crippen LogP contribution in [0.2, 0.25) is 0 Å². The molecule has 3 aromatic carbocycles. The van der Waals surface area contributed by atoms with E-state index < -0.39 is 5.97 Å². The molecule has 0 unspecified atom stereocenters. The van der Waals surface area contributed by atoms with Crippen LogP contribution in [0.1, 0.15) is 85.6 Å². The number of hydrogen-bond donors (Lipinski definition) is 0. The predicted molar refractivity (Wildman–Crippen MR) is 152 cm³/mol. The van der Waals surface area contributed by atoms with E-state index in [1.54, 1.807) is 6.07 Å². The average Bonchev–Trinajstić information content (AvgIpc) is 3.26. The molecule has 0 saturated heterocycles. The second-order valence-electron chi connectivity index (χ2n) is 9.52. The Morgan fingerprint density at radius 2 is 1.39 bits per heavy atom. The summed E-state index contributed by atoms with van der Waals surface area (Å²) in [5.74, 6) is -0.855. The lowest BCUT2D eigenvalue weighted by Crippen LogP contribution is -2.16. The Labute approximate surface area is 223 Å². The van der Waals surface area contributed by atoms with E-state index in [1.165, 1.54) is 6.92 Å². The highest BCUT2D eigenvalue weighted by Gasteiger charge is 2.19. The van der Waals surface area contributed by atoms with E-state index in [-0.39, 0.29) is 17.3 Å². The summed E-state index contributed by atoms with van der Waals surface area (Å²) in [5.41, 5.74) is 3.94. The fourth-order valence-electron chi connectivity index (χ4n) is 4.87. The third-order valence-corrected chi connectivity index (χ3v) is 6.81. The number of benzene rings is 3. The van der Waals surface area contributed by atoms with Crippen molar-refractivity contribution in [1.82, 2.24) is 4.57 Å². The Balaban J connectivity index is 1.73. The van der Waals surface area contributed by atoms with Crippen molar-refractivity contribution in [3.63, 3.8) is 0 Å². The molecule has 0 saturated carbocycles. The molecule has 0 atom stereocenters. The summed E-state index contributed by atoms with van der Waals surface area (Å²) in [4.78, 5) is 42.9. The van der Waals surface area contributed by atoms with Crippen LogP contribution in [0.4, 0.5) is 0 Å². The van der Waals surface area contributed by atoms with Gasteiger partial charge in [0.2, 0.25) is 5.78 Å². The number of Topliss-reactive ketones (excluding diaryl/α,β-unsaturated/α-hetero) is 1. The smallest absolute Gasteiger partial charge is 0.331 e. The lowest BCUT2D eigenvalue weighted by atomic mass is 9.98. The molecule has 4 rings (SSSR count). The molecule has 1 aromatic heterocycles. The molecule has 38 heavy (non-hydrogen) atoms. The number of carbonyl (C=O) groups is 3. The standard InChI is InChI=1S/C32H34N2O4/c1-4-6-7-8-12-15-28(33-38-22(3)35)32(37)25-17-19-30-27(21-25)26-20-24(16-18-29(26)34(30)5-2)31(36)23-13-10-9-11-14-23/h9-11,13-14,16-21H,4-8,12,15H2,1-3H3/b33-28+. The first kappa shape index (κ1) is 27.0. The van der Waals surface area contributed by atoms with Gasteiger partial charge in [-0.2, -0.15) is 0 Å². The molecule has 0 spiro atoms. The first-order valence-electron chi connectivity index (χ1n) is 13.4. The van der Waals surface area contributed by atoms with Crippen LogP contribution < -0.4 is 0 Å². The topological polar surface area (TPSA) is 77.7 Å². The van der Waals surface area contributed by atoms with Gasteiger partial charge in [-0.15, -0.1) is 0 Å². The Kier molecular flexibility index (Phi) is 8.85. The molecular formula is C32H34N2O4. The summed E-state index contributed by atoms with van der Waals surface area (Å²) >= 11 is 0. The van der Waals surface area contributed by atoms with Gasteiger partial charge < -0.3 is 9.40 Å². The summed E-state index contributed by atoms with van der Waals surface area (Å²) in [6.45, 7) is 6.25. The SMILES string of the molecule is CCCCCCC/C(=N\OC(C)=O)C(=O)c1ccc2c(c1)c1cc(C(=O)c3ccccc3)ccc1n2CC. The van der Waals surface area contributed by atoms with Gasteiger partial charge in [-0.25, -0.2) is 4.79 Å². The van der Waals surface area contributed by atoms with Crippen molar-refractivity contribution in [2.45, 2.75) is 65.8 Å². The number of aromatic nitrogens is 1. The first-order valence-corrected chi connectivity index (χ1v) is 13.4. The van der Waals surface area contributed by atoms with Crippen LogP contribution in [0.15, 0.2) is 71.9 Å². The number of fused-ring (bicyclic) bond motifs is 3. The van der Waals surface area contributed by atoms with E-state index in [9.17, 15) is 14.4 Å². The molecule has 1 heterocycles. The van der Waals surface area contributed by atoms with E-state index in [2.05, 4.69) is 23.6 Å². The van der Waals surface area contributed by atoms with Gasteiger partial charge in [-0.1, -0.05) is 68.1 Å². The fraction of sp³-hybridized carbons (Fsp3) is 0.312. The van der Waals surface area contributed by atoms with Crippen LogP contribution in [0.3, 0.4) is 0 Å². The molecular weight excluding hydrogens is 476 g/mol. The van der Waals surface area contributed by atoms with Gasteiger partial charge in [-0.05, 0) is 56.2 Å². The van der Waals surface area contributed by atoms with Gasteiger partial charge >= 0.3 is 5.97 Å². The first-order chi connectivity index (χ1) is 18.4. The molecule has 0 aliphatic carbocycles. The molecule has 4 aromatic rings. The van der Waals surface area contributed by atoms with Crippen LogP contribution in [-0.4, -0.2) is 27.8 Å². The normalized spacial score (nSPS) is 11.7. The van der Waals surface area contributed by atoms with Crippen molar-refractivity contribution >= 4 is 45.1 Å². The molecule has 0 amide bonds. The van der Waals surface area contributed by atoms with Crippen molar-refractivity contribution in [3.05, 3.63) is 83.4 Å². The maximum absolute atomic E-state index is 13.5. The van der Waals surface area contributed by atoms with Gasteiger partial charge in [0.1, 0.15) is 5.71 Å². The highest BCUT2D eigenvalue weighted by atomic mass is 16.7. The Hall–Kier alpha value is -4.06. The number of ketones is 2. The zero-order chi connectivity index (χ0) is 27.1. The Morgan fingerprint density at radius 3 is 2.03 bits per heavy atom. The zero-order valence-electron chi connectivity index (χ0n) is 22.3. The lowest BCUT2D eigenvalue weighted by molar-refractivity contribution is -0.140. The van der Waals surface area contributed by atoms with Gasteiger partial charge in [0, 0.05) is 52.0 Å². The van der Waals surface area contributed by atoms with Gasteiger partial charge in [0.15, 0.2) is 5.78 Å². The van der Waals surface area contributed by atoms with E-state index in [1.807, 2.05) is 60.7 Å². The number of unbranched alkanes of at least 4 members (excludes halogenated alkanes) is 4. The zero-order valence-corrected chi connectivity index (χ0v) is 22.3. The number of oxime groups is 1. The van der Waals surface area contributed by atoms with Crippen molar-refractivity contribution < 1.29 is 19.2 Å². The molecule has 196 valence electrons. The van der Waals surface area contributed by atoms with Crippen molar-refractivity contribution in [2.75, 3.05) is 0 Å². The molecule has 0 radical (unpaired) electrons. The summed E-state index contributed by atoms with van der Waals surface area (Å²) in [7, 11) is 0. The number of aryl methyl sites for hydroxylation is 1. The van der Waals surface area contributed by atoms with Crippen LogP contribution in [0.25, 0.3) is 21.8 Å². The molecule has 0 aliphatic heterocycles. The number of carbonyl (C=O) groups excluding carboxylic acids is 3. The fourth-order valence-corrected chi connectivity index (χ4v) is 4.87. The van der Waals surface area contributed by atoms with E-state index in [4.69, 9.17) is 4.84 Å². The van der Waals surface area contributed by atoms with Crippen LogP contribution in [0, 0.1) is 0 Å². The minimum absolute atomic E-state index is 0.0454. The molecule has 6 nitrogen and oxygen atoms in total. The monoisotopic (exact) mass is 510 g/mol. The molecule has 0 N–H and O–H groups in total. The van der Waals surface area contributed by atoms with Crippen LogP contribution in [-0.2, 0) is 16.2 Å². The third kappa shape index (κ3) is 5.91. The van der Waals surface area contributed by atoms with Gasteiger partial charge in [0.05, 0.1) is 0 Å². The van der Waals surface area contributed by atoms with Crippen molar-refractivity contribution in [3.8, 4) is 0 Å². The third-order valence-electron chi connectivity index (χ3n) is 6.81. The Morgan fingerprint density at radius 1 is 0.763 bits per heavy atom. The van der Waals surface area contributed by atoms with Gasteiger partial charge in [-0.3, -0.25) is 9.59 Å². The predicted octanol–water partition coefficient (Wildman–Crippen LogP) is 7.51. The highest BCUT2D eigenvalue weighted by Crippen LogP contribution is 2.31. The lowest BCUT2D eigenvalue weighted by Gasteiger charge is -2.07. The number of nitrogens with zero attached hydrogens (tertiary/aromatic N) is 2. The summed E-state index contributed by atoms with van der Waals surface area (Å²) in [6.07, 6.45) is 5.61. The second kappa shape index (κ2) is 12.5. The quantitative estimate of drug-likeness (QED) is 0.0650. The maximum Gasteiger partial charge on any atom is 0.331 e. The van der Waals surface area contributed by atoms with E-state index in [0.717, 1.165) is 60.5 Å². The Bertz CT molecular complexity index is 1500. The van der Waals surface area contributed by atoms with E-state index in [0.29, 0.717) is 23.1 Å². The summed E-state index contributed by atoms with van der Waals surface area (Å²) in [6, 6.07) is 20.6. The van der Waals surface area contributed by atoms with Gasteiger partial charge in [0.25, 0.3) is 0 Å². The minimum atomic E-state index is -0.557. The van der Waals surface area contributed by atoms with Crippen molar-refractivity contribution in [1.29, 1.82) is 0 Å². The number of hydrogen-bond acceptors (Lipinski definition) is 5. The minimum Gasteiger partial charge on any atom is -0.341 e. The maximum atomic E-state index is 13.5. The molecule has 0 bridgehead atoms. The molecule has 0 aliphatic rings. The largest absolute Gasteiger partial charge is 0.341 e. The summed E-state index contributed by atoms with van der Waals surface area (Å²) < 4.78 is 2.18. The average molecular weight is 511 g/mol. The van der Waals surface area contributed by atoms with E-state index >= 15 is 0 Å². The van der Waals surface area contributed by atoms with Crippen LogP contribution in [0.5, 0.6) is 0 Å². The summed E-state index contributed by atoms with van der Waals surface area (Å²) in [5, 5.41) is 5.73. The molecule has 6 heteroatoms. The number of rotatable bonds is 12. The highest BCUT2D eigenvalue weighted by molar-refractivity contribution is 6.46. The van der Waals surface area contributed by atoms with Crippen LogP contribution >= 0.6 is 0 Å². The molecule has 0 fully saturated rings.